The van der Waals surface area contributed by atoms with Crippen LogP contribution in [0.3, 0.4) is 0 Å². The molecule has 0 aromatic heterocycles. The van der Waals surface area contributed by atoms with Crippen LogP contribution < -0.4 is 0 Å². The zero-order chi connectivity index (χ0) is 30.3. The maximum atomic E-state index is 2.43. The number of rotatable bonds is 2. The highest BCUT2D eigenvalue weighted by molar-refractivity contribution is 6.40. The number of fused-ring (bicyclic) bond motifs is 6. The van der Waals surface area contributed by atoms with Crippen molar-refractivity contribution < 1.29 is 0 Å². The first-order valence-electron chi connectivity index (χ1n) is 16.3. The fourth-order valence-corrected chi connectivity index (χ4v) is 8.83. The van der Waals surface area contributed by atoms with Crippen LogP contribution in [-0.2, 0) is 0 Å². The minimum absolute atomic E-state index is 1.27. The van der Waals surface area contributed by atoms with E-state index >= 15 is 0 Å². The first kappa shape index (κ1) is 24.6. The summed E-state index contributed by atoms with van der Waals surface area (Å²) in [5.74, 6) is 0. The van der Waals surface area contributed by atoms with Gasteiger partial charge < -0.3 is 0 Å². The molecular weight excluding hydrogens is 553 g/mol. The maximum Gasteiger partial charge on any atom is -0.000740 e. The van der Waals surface area contributed by atoms with E-state index in [1.165, 1.54) is 121 Å². The number of hydrogen-bond acceptors (Lipinski definition) is 0. The number of aryl methyl sites for hydroxylation is 2. The monoisotopic (exact) mass is 580 g/mol. The fourth-order valence-electron chi connectivity index (χ4n) is 8.83. The number of hydrogen-bond donors (Lipinski definition) is 0. The Hall–Kier alpha value is -5.72. The quantitative estimate of drug-likeness (QED) is 0.141. The van der Waals surface area contributed by atoms with E-state index in [1.54, 1.807) is 0 Å². The Morgan fingerprint density at radius 1 is 0.304 bits per heavy atom. The Balaban J connectivity index is 1.37. The van der Waals surface area contributed by atoms with Crippen LogP contribution >= 0.6 is 0 Å². The van der Waals surface area contributed by atoms with Crippen molar-refractivity contribution >= 4 is 66.0 Å². The molecule has 0 heteroatoms. The molecule has 0 nitrogen and oxygen atoms in total. The Labute approximate surface area is 267 Å². The smallest absolute Gasteiger partial charge is 0.000740 e. The van der Waals surface area contributed by atoms with Gasteiger partial charge in [-0.1, -0.05) is 145 Å². The average Bonchev–Trinajstić information content (AvgIpc) is 3.67. The third-order valence-electron chi connectivity index (χ3n) is 10.8. The van der Waals surface area contributed by atoms with Crippen molar-refractivity contribution in [2.45, 2.75) is 13.8 Å². The summed E-state index contributed by atoms with van der Waals surface area (Å²) in [5, 5.41) is 13.6. The summed E-state index contributed by atoms with van der Waals surface area (Å²) in [6.45, 7) is 4.35. The molecule has 0 saturated heterocycles. The van der Waals surface area contributed by atoms with Gasteiger partial charge in [0.05, 0.1) is 0 Å². The second kappa shape index (κ2) is 8.50. The van der Waals surface area contributed by atoms with Gasteiger partial charge in [0.15, 0.2) is 0 Å². The van der Waals surface area contributed by atoms with Gasteiger partial charge in [0.25, 0.3) is 0 Å². The van der Waals surface area contributed by atoms with Gasteiger partial charge in [0, 0.05) is 0 Å². The first-order chi connectivity index (χ1) is 22.7. The lowest BCUT2D eigenvalue weighted by Gasteiger charge is -2.20. The molecule has 2 aliphatic carbocycles. The predicted molar refractivity (Wildman–Crippen MR) is 199 cm³/mol. The van der Waals surface area contributed by atoms with Gasteiger partial charge in [-0.25, -0.2) is 0 Å². The van der Waals surface area contributed by atoms with Gasteiger partial charge in [0.2, 0.25) is 0 Å². The minimum Gasteiger partial charge on any atom is -0.0616 e. The Bertz CT molecular complexity index is 2640. The highest BCUT2D eigenvalue weighted by Crippen LogP contribution is 2.59. The predicted octanol–water partition coefficient (Wildman–Crippen LogP) is 13.0. The standard InChI is InChI=1S/C46H28/c1-25-7-11-29(12-8-25)40-31-5-3-4-6-32(31)41(30-13-9-26(2)10-14-30)46-38-24-22-36-34-20-18-28-16-15-27-17-19-33(42(34)39(27)28)35-21-23-37(45(40)46)44(38)43(35)36/h3-24H,1-2H3. The van der Waals surface area contributed by atoms with Gasteiger partial charge in [-0.05, 0) is 123 Å². The molecule has 0 unspecified atom stereocenters. The largest absolute Gasteiger partial charge is 0.0616 e. The SMILES string of the molecule is Cc1ccc(-c2c3c(c(-c4ccc(C)cc4)c4ccccc24)-c2ccc4c5ccc6c7c(ccc(c8ccc-3c2c84)c75)C=C6)cc1. The molecule has 9 aromatic rings. The van der Waals surface area contributed by atoms with Crippen molar-refractivity contribution in [2.24, 2.45) is 0 Å². The Morgan fingerprint density at radius 2 is 0.717 bits per heavy atom. The Morgan fingerprint density at radius 3 is 1.17 bits per heavy atom. The van der Waals surface area contributed by atoms with Crippen LogP contribution in [0, 0.1) is 13.8 Å². The van der Waals surface area contributed by atoms with Crippen LogP contribution in [-0.4, -0.2) is 0 Å². The molecule has 11 rings (SSSR count). The molecule has 0 atom stereocenters. The van der Waals surface area contributed by atoms with Crippen LogP contribution in [0.5, 0.6) is 0 Å². The van der Waals surface area contributed by atoms with E-state index in [0.29, 0.717) is 0 Å². The van der Waals surface area contributed by atoms with Crippen molar-refractivity contribution in [3.05, 3.63) is 144 Å². The molecule has 0 radical (unpaired) electrons. The Kier molecular flexibility index (Phi) is 4.54. The zero-order valence-corrected chi connectivity index (χ0v) is 25.7. The van der Waals surface area contributed by atoms with Gasteiger partial charge in [-0.3, -0.25) is 0 Å². The molecule has 2 aliphatic rings. The molecule has 0 amide bonds. The van der Waals surface area contributed by atoms with E-state index < -0.39 is 0 Å². The molecule has 0 heterocycles. The summed E-state index contributed by atoms with van der Waals surface area (Å²) in [4.78, 5) is 0. The van der Waals surface area contributed by atoms with Crippen LogP contribution in [0.25, 0.3) is 111 Å². The zero-order valence-electron chi connectivity index (χ0n) is 25.7. The lowest BCUT2D eigenvalue weighted by molar-refractivity contribution is 1.47. The van der Waals surface area contributed by atoms with Crippen molar-refractivity contribution in [2.75, 3.05) is 0 Å². The van der Waals surface area contributed by atoms with Crippen LogP contribution in [0.1, 0.15) is 22.3 Å². The second-order valence-electron chi connectivity index (χ2n) is 13.3. The molecule has 0 spiro atoms. The van der Waals surface area contributed by atoms with E-state index in [0.717, 1.165) is 0 Å². The van der Waals surface area contributed by atoms with Crippen LogP contribution in [0.4, 0.5) is 0 Å². The van der Waals surface area contributed by atoms with Gasteiger partial charge in [0.1, 0.15) is 0 Å². The molecular formula is C46H28. The summed E-state index contributed by atoms with van der Waals surface area (Å²) in [5.41, 5.74) is 15.8. The summed E-state index contributed by atoms with van der Waals surface area (Å²) < 4.78 is 0. The van der Waals surface area contributed by atoms with Crippen LogP contribution in [0.2, 0.25) is 0 Å². The third-order valence-corrected chi connectivity index (χ3v) is 10.8. The summed E-state index contributed by atoms with van der Waals surface area (Å²) in [7, 11) is 0. The lowest BCUT2D eigenvalue weighted by atomic mass is 9.82. The average molecular weight is 581 g/mol. The highest BCUT2D eigenvalue weighted by Gasteiger charge is 2.32. The van der Waals surface area contributed by atoms with E-state index in [4.69, 9.17) is 0 Å². The molecule has 0 saturated carbocycles. The number of benzene rings is 9. The molecule has 46 heavy (non-hydrogen) atoms. The molecule has 0 N–H and O–H groups in total. The summed E-state index contributed by atoms with van der Waals surface area (Å²) in [6, 6.07) is 46.3. The molecule has 0 fully saturated rings. The molecule has 0 aliphatic heterocycles. The van der Waals surface area contributed by atoms with E-state index in [2.05, 4.69) is 147 Å². The highest BCUT2D eigenvalue weighted by atomic mass is 14.3. The summed E-state index contributed by atoms with van der Waals surface area (Å²) in [6.07, 6.45) is 4.54. The lowest BCUT2D eigenvalue weighted by Crippen LogP contribution is -1.93. The second-order valence-corrected chi connectivity index (χ2v) is 13.3. The van der Waals surface area contributed by atoms with Gasteiger partial charge >= 0.3 is 0 Å². The molecule has 9 aromatic carbocycles. The fraction of sp³-hybridized carbons (Fsp3) is 0.0435. The molecule has 0 bridgehead atoms. The van der Waals surface area contributed by atoms with Crippen molar-refractivity contribution in [1.82, 2.24) is 0 Å². The van der Waals surface area contributed by atoms with Gasteiger partial charge in [-0.15, -0.1) is 0 Å². The molecule has 212 valence electrons. The van der Waals surface area contributed by atoms with E-state index in [-0.39, 0.29) is 0 Å². The van der Waals surface area contributed by atoms with Crippen molar-refractivity contribution in [3.8, 4) is 44.5 Å². The summed E-state index contributed by atoms with van der Waals surface area (Å²) >= 11 is 0. The first-order valence-corrected chi connectivity index (χ1v) is 16.3. The van der Waals surface area contributed by atoms with Crippen molar-refractivity contribution in [3.63, 3.8) is 0 Å². The van der Waals surface area contributed by atoms with E-state index in [9.17, 15) is 0 Å². The van der Waals surface area contributed by atoms with Crippen LogP contribution in [0.15, 0.2) is 121 Å². The van der Waals surface area contributed by atoms with Crippen molar-refractivity contribution in [1.29, 1.82) is 0 Å². The third kappa shape index (κ3) is 2.95. The van der Waals surface area contributed by atoms with Gasteiger partial charge in [-0.2, -0.15) is 0 Å². The maximum absolute atomic E-state index is 2.43. The minimum atomic E-state index is 1.27. The topological polar surface area (TPSA) is 0 Å². The normalized spacial score (nSPS) is 12.9. The van der Waals surface area contributed by atoms with E-state index in [1.807, 2.05) is 0 Å².